The molecule has 1 rings (SSSR count). The monoisotopic (exact) mass is 205 g/mol. The van der Waals surface area contributed by atoms with Crippen LogP contribution in [0.5, 0.6) is 5.75 Å². The van der Waals surface area contributed by atoms with Crippen molar-refractivity contribution in [2.45, 2.75) is 6.04 Å². The van der Waals surface area contributed by atoms with Gasteiger partial charge in [-0.05, 0) is 31.8 Å². The summed E-state index contributed by atoms with van der Waals surface area (Å²) in [6, 6.07) is 7.60. The molecule has 1 unspecified atom stereocenters. The highest BCUT2D eigenvalue weighted by atomic mass is 16.5. The van der Waals surface area contributed by atoms with Crippen LogP contribution in [0.3, 0.4) is 0 Å². The second-order valence-electron chi connectivity index (χ2n) is 3.47. The van der Waals surface area contributed by atoms with Gasteiger partial charge in [0.1, 0.15) is 11.7 Å². The Balaban J connectivity index is 3.05. The molecule has 0 heterocycles. The summed E-state index contributed by atoms with van der Waals surface area (Å²) in [7, 11) is 5.45. The summed E-state index contributed by atoms with van der Waals surface area (Å²) in [5.41, 5.74) is 1.02. The first-order valence-electron chi connectivity index (χ1n) is 4.70. The van der Waals surface area contributed by atoms with Crippen LogP contribution >= 0.6 is 0 Å². The fourth-order valence-corrected chi connectivity index (χ4v) is 1.43. The number of benzene rings is 1. The zero-order chi connectivity index (χ0) is 11.3. The lowest BCUT2D eigenvalue weighted by molar-refractivity contribution is 0.349. The van der Waals surface area contributed by atoms with Crippen molar-refractivity contribution in [1.29, 1.82) is 0 Å². The van der Waals surface area contributed by atoms with Crippen molar-refractivity contribution in [3.8, 4) is 5.75 Å². The van der Waals surface area contributed by atoms with Crippen LogP contribution in [0.1, 0.15) is 11.6 Å². The van der Waals surface area contributed by atoms with E-state index in [-0.39, 0.29) is 6.04 Å². The Morgan fingerprint density at radius 3 is 2.73 bits per heavy atom. The van der Waals surface area contributed by atoms with Gasteiger partial charge in [-0.15, -0.1) is 0 Å². The van der Waals surface area contributed by atoms with Crippen molar-refractivity contribution >= 4 is 5.94 Å². The highest BCUT2D eigenvalue weighted by molar-refractivity contribution is 5.49. The van der Waals surface area contributed by atoms with Crippen LogP contribution in [0, 0.1) is 0 Å². The third-order valence-electron chi connectivity index (χ3n) is 2.22. The maximum atomic E-state index is 10.4. The maximum absolute atomic E-state index is 10.4. The smallest absolute Gasteiger partial charge is 0.122 e. The molecule has 0 aliphatic rings. The Bertz CT molecular complexity index is 368. The standard InChI is InChI=1S/C12H15NO2/c1-13(2)12(7-8-14)10-5-4-6-11(9-10)15-3/h4-7,9,12H,1-3H3. The van der Waals surface area contributed by atoms with Crippen LogP contribution in [0.2, 0.25) is 0 Å². The lowest BCUT2D eigenvalue weighted by Gasteiger charge is -2.20. The van der Waals surface area contributed by atoms with E-state index in [2.05, 4.69) is 0 Å². The molecule has 0 bridgehead atoms. The first-order valence-corrected chi connectivity index (χ1v) is 4.70. The number of rotatable bonds is 4. The van der Waals surface area contributed by atoms with Gasteiger partial charge in [-0.3, -0.25) is 4.90 Å². The summed E-state index contributed by atoms with van der Waals surface area (Å²) in [6.07, 6.45) is 1.49. The normalized spacial score (nSPS) is 12.0. The number of methoxy groups -OCH3 is 1. The summed E-state index contributed by atoms with van der Waals surface area (Å²) in [5, 5.41) is 0. The zero-order valence-electron chi connectivity index (χ0n) is 9.23. The van der Waals surface area contributed by atoms with Crippen molar-refractivity contribution in [2.75, 3.05) is 21.2 Å². The molecule has 0 radical (unpaired) electrons. The van der Waals surface area contributed by atoms with E-state index >= 15 is 0 Å². The van der Waals surface area contributed by atoms with E-state index in [1.807, 2.05) is 49.2 Å². The number of likely N-dealkylation sites (N-methyl/N-ethyl adjacent to an activating group) is 1. The van der Waals surface area contributed by atoms with Crippen LogP contribution in [0.15, 0.2) is 30.3 Å². The van der Waals surface area contributed by atoms with Crippen molar-refractivity contribution < 1.29 is 9.53 Å². The average Bonchev–Trinajstić information content (AvgIpc) is 2.25. The lowest BCUT2D eigenvalue weighted by Crippen LogP contribution is -2.18. The highest BCUT2D eigenvalue weighted by Crippen LogP contribution is 2.22. The van der Waals surface area contributed by atoms with Gasteiger partial charge in [0.2, 0.25) is 0 Å². The summed E-state index contributed by atoms with van der Waals surface area (Å²) in [6.45, 7) is 0. The van der Waals surface area contributed by atoms with Crippen LogP contribution in [0.25, 0.3) is 0 Å². The number of hydrogen-bond acceptors (Lipinski definition) is 3. The molecule has 0 spiro atoms. The van der Waals surface area contributed by atoms with E-state index in [0.717, 1.165) is 11.3 Å². The molecular formula is C12H15NO2. The summed E-state index contributed by atoms with van der Waals surface area (Å²) in [4.78, 5) is 12.4. The molecule has 1 aromatic carbocycles. The zero-order valence-corrected chi connectivity index (χ0v) is 9.23. The molecule has 0 N–H and O–H groups in total. The maximum Gasteiger partial charge on any atom is 0.122 e. The van der Waals surface area contributed by atoms with Crippen LogP contribution in [-0.4, -0.2) is 32.0 Å². The van der Waals surface area contributed by atoms with Gasteiger partial charge in [0.05, 0.1) is 13.2 Å². The lowest BCUT2D eigenvalue weighted by atomic mass is 10.1. The largest absolute Gasteiger partial charge is 0.497 e. The predicted molar refractivity (Wildman–Crippen MR) is 59.7 cm³/mol. The van der Waals surface area contributed by atoms with Gasteiger partial charge in [-0.25, -0.2) is 4.79 Å². The van der Waals surface area contributed by atoms with Gasteiger partial charge in [-0.2, -0.15) is 0 Å². The molecule has 1 aromatic rings. The second kappa shape index (κ2) is 5.35. The molecular weight excluding hydrogens is 190 g/mol. The van der Waals surface area contributed by atoms with E-state index < -0.39 is 0 Å². The molecule has 80 valence electrons. The summed E-state index contributed by atoms with van der Waals surface area (Å²) in [5.74, 6) is 2.62. The minimum Gasteiger partial charge on any atom is -0.497 e. The van der Waals surface area contributed by atoms with Crippen LogP contribution < -0.4 is 4.74 Å². The third-order valence-corrected chi connectivity index (χ3v) is 2.22. The van der Waals surface area contributed by atoms with E-state index in [9.17, 15) is 4.79 Å². The van der Waals surface area contributed by atoms with Gasteiger partial charge in [0.15, 0.2) is 0 Å². The summed E-state index contributed by atoms with van der Waals surface area (Å²) >= 11 is 0. The Morgan fingerprint density at radius 2 is 2.20 bits per heavy atom. The summed E-state index contributed by atoms with van der Waals surface area (Å²) < 4.78 is 5.13. The predicted octanol–water partition coefficient (Wildman–Crippen LogP) is 1.69. The van der Waals surface area contributed by atoms with Gasteiger partial charge in [0, 0.05) is 6.08 Å². The van der Waals surface area contributed by atoms with Gasteiger partial charge >= 0.3 is 0 Å². The van der Waals surface area contributed by atoms with Gasteiger partial charge in [-0.1, -0.05) is 12.1 Å². The topological polar surface area (TPSA) is 29.5 Å². The van der Waals surface area contributed by atoms with Crippen molar-refractivity contribution in [2.24, 2.45) is 0 Å². The highest BCUT2D eigenvalue weighted by Gasteiger charge is 2.11. The second-order valence-corrected chi connectivity index (χ2v) is 3.47. The fourth-order valence-electron chi connectivity index (χ4n) is 1.43. The Kier molecular flexibility index (Phi) is 4.10. The Hall–Kier alpha value is -1.57. The first-order chi connectivity index (χ1) is 7.19. The first kappa shape index (κ1) is 11.5. The number of nitrogens with zero attached hydrogens (tertiary/aromatic N) is 1. The molecule has 3 nitrogen and oxygen atoms in total. The Morgan fingerprint density at radius 1 is 1.47 bits per heavy atom. The molecule has 0 saturated carbocycles. The van der Waals surface area contributed by atoms with Crippen molar-refractivity contribution in [3.63, 3.8) is 0 Å². The Labute approximate surface area is 90.0 Å². The third kappa shape index (κ3) is 2.94. The molecule has 3 heteroatoms. The minimum atomic E-state index is -0.0578. The molecule has 0 fully saturated rings. The quantitative estimate of drug-likeness (QED) is 0.700. The molecule has 0 aliphatic carbocycles. The molecule has 0 aromatic heterocycles. The number of hydrogen-bond donors (Lipinski definition) is 0. The van der Waals surface area contributed by atoms with E-state index in [1.165, 1.54) is 6.08 Å². The average molecular weight is 205 g/mol. The van der Waals surface area contributed by atoms with E-state index in [0.29, 0.717) is 0 Å². The number of ether oxygens (including phenoxy) is 1. The van der Waals surface area contributed by atoms with Gasteiger partial charge in [0.25, 0.3) is 0 Å². The minimum absolute atomic E-state index is 0.0578. The van der Waals surface area contributed by atoms with Gasteiger partial charge < -0.3 is 4.74 Å². The molecule has 15 heavy (non-hydrogen) atoms. The van der Waals surface area contributed by atoms with Crippen molar-refractivity contribution in [3.05, 3.63) is 35.9 Å². The number of carbonyl (C=O) groups excluding carboxylic acids is 1. The van der Waals surface area contributed by atoms with Crippen LogP contribution in [0.4, 0.5) is 0 Å². The molecule has 0 amide bonds. The van der Waals surface area contributed by atoms with Crippen LogP contribution in [-0.2, 0) is 4.79 Å². The molecule has 0 saturated heterocycles. The molecule has 1 atom stereocenters. The molecule has 0 aliphatic heterocycles. The van der Waals surface area contributed by atoms with E-state index in [4.69, 9.17) is 4.74 Å². The van der Waals surface area contributed by atoms with E-state index in [1.54, 1.807) is 7.11 Å². The van der Waals surface area contributed by atoms with Crippen molar-refractivity contribution in [1.82, 2.24) is 4.90 Å². The fraction of sp³-hybridized carbons (Fsp3) is 0.333. The SMILES string of the molecule is COc1cccc(C(C=C=O)N(C)C)c1.